The zero-order valence-corrected chi connectivity index (χ0v) is 9.25. The molecule has 7 heteroatoms. The molecule has 0 saturated heterocycles. The number of nitro benzene ring substituents is 1. The van der Waals surface area contributed by atoms with E-state index in [1.54, 1.807) is 0 Å². The SMILES string of the molecule is O=[N+]([O-])c1ccc(S(=O)O)c(CBr)c1. The van der Waals surface area contributed by atoms with Crippen molar-refractivity contribution in [1.29, 1.82) is 0 Å². The number of benzene rings is 1. The number of hydrogen-bond acceptors (Lipinski definition) is 3. The minimum atomic E-state index is -2.11. The molecule has 0 fully saturated rings. The molecular weight excluding hydrogens is 274 g/mol. The van der Waals surface area contributed by atoms with Gasteiger partial charge in [-0.15, -0.1) is 0 Å². The molecule has 0 saturated carbocycles. The van der Waals surface area contributed by atoms with Gasteiger partial charge in [-0.2, -0.15) is 0 Å². The van der Waals surface area contributed by atoms with E-state index in [1.165, 1.54) is 18.2 Å². The fraction of sp³-hybridized carbons (Fsp3) is 0.143. The summed E-state index contributed by atoms with van der Waals surface area (Å²) in [4.78, 5) is 10.0. The Kier molecular flexibility index (Phi) is 3.73. The van der Waals surface area contributed by atoms with Crippen LogP contribution in [0.25, 0.3) is 0 Å². The molecule has 1 aromatic carbocycles. The van der Waals surface area contributed by atoms with Crippen LogP contribution in [0.15, 0.2) is 23.1 Å². The number of nitro groups is 1. The van der Waals surface area contributed by atoms with Gasteiger partial charge >= 0.3 is 0 Å². The van der Waals surface area contributed by atoms with Crippen LogP contribution in [0.5, 0.6) is 0 Å². The number of halogens is 1. The number of hydrogen-bond donors (Lipinski definition) is 1. The van der Waals surface area contributed by atoms with Crippen molar-refractivity contribution in [1.82, 2.24) is 0 Å². The van der Waals surface area contributed by atoms with Gasteiger partial charge < -0.3 is 4.55 Å². The first-order valence-corrected chi connectivity index (χ1v) is 5.73. The van der Waals surface area contributed by atoms with E-state index in [1.807, 2.05) is 0 Å². The first-order valence-electron chi connectivity index (χ1n) is 3.50. The number of nitrogens with zero attached hydrogens (tertiary/aromatic N) is 1. The molecule has 1 unspecified atom stereocenters. The van der Waals surface area contributed by atoms with Crippen molar-refractivity contribution in [3.8, 4) is 0 Å². The van der Waals surface area contributed by atoms with Gasteiger partial charge in [0.15, 0.2) is 11.1 Å². The lowest BCUT2D eigenvalue weighted by Gasteiger charge is -2.01. The van der Waals surface area contributed by atoms with E-state index in [4.69, 9.17) is 4.55 Å². The van der Waals surface area contributed by atoms with Crippen molar-refractivity contribution < 1.29 is 13.7 Å². The summed E-state index contributed by atoms with van der Waals surface area (Å²) in [5.74, 6) is 0. The Balaban J connectivity index is 3.25. The number of alkyl halides is 1. The summed E-state index contributed by atoms with van der Waals surface area (Å²) in [6.07, 6.45) is 0. The molecule has 1 rings (SSSR count). The highest BCUT2D eigenvalue weighted by Crippen LogP contribution is 2.22. The summed E-state index contributed by atoms with van der Waals surface area (Å²) in [5.41, 5.74) is 0.355. The lowest BCUT2D eigenvalue weighted by Crippen LogP contribution is -1.96. The third-order valence-corrected chi connectivity index (χ3v) is 2.97. The van der Waals surface area contributed by atoms with Crippen molar-refractivity contribution in [2.24, 2.45) is 0 Å². The first-order chi connectivity index (χ1) is 6.56. The Hall–Kier alpha value is -0.790. The van der Waals surface area contributed by atoms with Crippen LogP contribution in [-0.4, -0.2) is 13.7 Å². The van der Waals surface area contributed by atoms with Gasteiger partial charge in [0, 0.05) is 17.5 Å². The quantitative estimate of drug-likeness (QED) is 0.398. The van der Waals surface area contributed by atoms with Crippen LogP contribution in [0.2, 0.25) is 0 Å². The van der Waals surface area contributed by atoms with E-state index < -0.39 is 16.0 Å². The van der Waals surface area contributed by atoms with Crippen LogP contribution in [-0.2, 0) is 16.4 Å². The maximum absolute atomic E-state index is 10.8. The molecule has 0 aliphatic heterocycles. The molecule has 0 bridgehead atoms. The van der Waals surface area contributed by atoms with Gasteiger partial charge in [0.05, 0.1) is 9.82 Å². The molecule has 0 amide bonds. The minimum Gasteiger partial charge on any atom is -0.302 e. The molecule has 0 radical (unpaired) electrons. The van der Waals surface area contributed by atoms with Crippen molar-refractivity contribution in [2.45, 2.75) is 10.2 Å². The number of non-ortho nitro benzene ring substituents is 1. The zero-order chi connectivity index (χ0) is 10.7. The summed E-state index contributed by atoms with van der Waals surface area (Å²) >= 11 is 0.977. The number of rotatable bonds is 3. The highest BCUT2D eigenvalue weighted by molar-refractivity contribution is 9.08. The third-order valence-electron chi connectivity index (χ3n) is 1.59. The summed E-state index contributed by atoms with van der Waals surface area (Å²) in [7, 11) is 0. The highest BCUT2D eigenvalue weighted by Gasteiger charge is 2.12. The molecule has 0 heterocycles. The lowest BCUT2D eigenvalue weighted by atomic mass is 10.2. The predicted molar refractivity (Wildman–Crippen MR) is 54.8 cm³/mol. The van der Waals surface area contributed by atoms with Gasteiger partial charge in [-0.1, -0.05) is 15.9 Å². The van der Waals surface area contributed by atoms with Crippen molar-refractivity contribution >= 4 is 32.7 Å². The van der Waals surface area contributed by atoms with E-state index in [9.17, 15) is 14.3 Å². The Labute approximate surface area is 90.7 Å². The maximum atomic E-state index is 10.8. The molecular formula is C7H6BrNO4S. The third kappa shape index (κ3) is 2.37. The van der Waals surface area contributed by atoms with E-state index in [0.717, 1.165) is 0 Å². The molecule has 1 atom stereocenters. The predicted octanol–water partition coefficient (Wildman–Crippen LogP) is 2.07. The van der Waals surface area contributed by atoms with Gasteiger partial charge in [0.2, 0.25) is 0 Å². The van der Waals surface area contributed by atoms with Crippen LogP contribution in [0.1, 0.15) is 5.56 Å². The second-order valence-electron chi connectivity index (χ2n) is 2.43. The normalized spacial score (nSPS) is 12.4. The van der Waals surface area contributed by atoms with E-state index >= 15 is 0 Å². The second kappa shape index (κ2) is 4.63. The standard InChI is InChI=1S/C7H6BrNO4S/c8-4-5-3-6(9(10)11)1-2-7(5)14(12)13/h1-3H,4H2,(H,12,13). The van der Waals surface area contributed by atoms with Crippen LogP contribution >= 0.6 is 15.9 Å². The molecule has 0 aliphatic carbocycles. The molecule has 76 valence electrons. The molecule has 0 aliphatic rings. The summed E-state index contributed by atoms with van der Waals surface area (Å²) in [6, 6.07) is 3.76. The zero-order valence-electron chi connectivity index (χ0n) is 6.84. The molecule has 0 aromatic heterocycles. The largest absolute Gasteiger partial charge is 0.302 e. The van der Waals surface area contributed by atoms with Gasteiger partial charge in [0.25, 0.3) is 5.69 Å². The van der Waals surface area contributed by atoms with Gasteiger partial charge in [-0.25, -0.2) is 4.21 Å². The second-order valence-corrected chi connectivity index (χ2v) is 3.93. The fourth-order valence-corrected chi connectivity index (χ4v) is 2.14. The van der Waals surface area contributed by atoms with Gasteiger partial charge in [0.1, 0.15) is 0 Å². The Morgan fingerprint density at radius 3 is 2.64 bits per heavy atom. The van der Waals surface area contributed by atoms with Crippen molar-refractivity contribution in [3.63, 3.8) is 0 Å². The molecule has 1 aromatic rings. The van der Waals surface area contributed by atoms with Crippen LogP contribution in [0, 0.1) is 10.1 Å². The van der Waals surface area contributed by atoms with Gasteiger partial charge in [-0.3, -0.25) is 10.1 Å². The van der Waals surface area contributed by atoms with Crippen molar-refractivity contribution in [2.75, 3.05) is 0 Å². The van der Waals surface area contributed by atoms with Crippen LogP contribution in [0.4, 0.5) is 5.69 Å². The van der Waals surface area contributed by atoms with Crippen molar-refractivity contribution in [3.05, 3.63) is 33.9 Å². The fourth-order valence-electron chi connectivity index (χ4n) is 0.954. The maximum Gasteiger partial charge on any atom is 0.269 e. The molecule has 1 N–H and O–H groups in total. The van der Waals surface area contributed by atoms with Crippen LogP contribution in [0.3, 0.4) is 0 Å². The molecule has 14 heavy (non-hydrogen) atoms. The smallest absolute Gasteiger partial charge is 0.269 e. The van der Waals surface area contributed by atoms with Gasteiger partial charge in [-0.05, 0) is 11.6 Å². The van der Waals surface area contributed by atoms with E-state index in [2.05, 4.69) is 15.9 Å². The van der Waals surface area contributed by atoms with Crippen LogP contribution < -0.4 is 0 Å². The summed E-state index contributed by atoms with van der Waals surface area (Å²) in [5, 5.41) is 10.7. The summed E-state index contributed by atoms with van der Waals surface area (Å²) in [6.45, 7) is 0. The Morgan fingerprint density at radius 2 is 2.21 bits per heavy atom. The van der Waals surface area contributed by atoms with E-state index in [-0.39, 0.29) is 10.6 Å². The first kappa shape index (κ1) is 11.3. The average Bonchev–Trinajstić information content (AvgIpc) is 2.16. The molecule has 0 spiro atoms. The monoisotopic (exact) mass is 279 g/mol. The Morgan fingerprint density at radius 1 is 1.57 bits per heavy atom. The Bertz CT molecular complexity index is 395. The highest BCUT2D eigenvalue weighted by atomic mass is 79.9. The summed E-state index contributed by atoms with van der Waals surface area (Å²) < 4.78 is 19.6. The molecule has 5 nitrogen and oxygen atoms in total. The van der Waals surface area contributed by atoms with E-state index in [0.29, 0.717) is 10.9 Å². The minimum absolute atomic E-state index is 0.0892. The lowest BCUT2D eigenvalue weighted by molar-refractivity contribution is -0.385. The average molecular weight is 280 g/mol. The topological polar surface area (TPSA) is 80.4 Å².